The summed E-state index contributed by atoms with van der Waals surface area (Å²) < 4.78 is 5.45. The van der Waals surface area contributed by atoms with Gasteiger partial charge in [0.15, 0.2) is 0 Å². The molecule has 0 aliphatic carbocycles. The minimum atomic E-state index is 0.617. The van der Waals surface area contributed by atoms with Crippen molar-refractivity contribution in [3.63, 3.8) is 0 Å². The van der Waals surface area contributed by atoms with Gasteiger partial charge in [0.2, 0.25) is 11.7 Å². The van der Waals surface area contributed by atoms with Gasteiger partial charge in [-0.1, -0.05) is 65.8 Å². The maximum absolute atomic E-state index is 5.45. The van der Waals surface area contributed by atoms with Crippen LogP contribution in [0.3, 0.4) is 0 Å². The van der Waals surface area contributed by atoms with Gasteiger partial charge in [0.05, 0.1) is 6.54 Å². The molecule has 1 aromatic heterocycles. The molecule has 0 unspecified atom stereocenters. The lowest BCUT2D eigenvalue weighted by atomic mass is 10.1. The van der Waals surface area contributed by atoms with Crippen molar-refractivity contribution in [2.24, 2.45) is 0 Å². The standard InChI is InChI=1S/C22H21N3O/c1-16-7-3-6-10-20(16)22-23-21(26-24-22)15-25(2)14-17-11-12-18-8-4-5-9-19(18)13-17/h3-13H,14-15H2,1-2H3. The SMILES string of the molecule is Cc1ccccc1-c1noc(CN(C)Cc2ccc3ccccc3c2)n1. The normalized spacial score (nSPS) is 11.3. The molecule has 0 fully saturated rings. The van der Waals surface area contributed by atoms with Gasteiger partial charge in [0.25, 0.3) is 0 Å². The molecule has 4 aromatic rings. The molecule has 0 N–H and O–H groups in total. The number of nitrogens with zero attached hydrogens (tertiary/aromatic N) is 3. The molecule has 3 aromatic carbocycles. The van der Waals surface area contributed by atoms with Crippen molar-refractivity contribution in [2.75, 3.05) is 7.05 Å². The Morgan fingerprint density at radius 3 is 2.50 bits per heavy atom. The van der Waals surface area contributed by atoms with Crippen LogP contribution in [0.1, 0.15) is 17.0 Å². The molecular formula is C22H21N3O. The summed E-state index contributed by atoms with van der Waals surface area (Å²) in [4.78, 5) is 6.73. The Morgan fingerprint density at radius 2 is 1.65 bits per heavy atom. The average molecular weight is 343 g/mol. The molecule has 0 amide bonds. The quantitative estimate of drug-likeness (QED) is 0.520. The van der Waals surface area contributed by atoms with Crippen molar-refractivity contribution in [3.8, 4) is 11.4 Å². The summed E-state index contributed by atoms with van der Waals surface area (Å²) in [5, 5.41) is 6.66. The Hall–Kier alpha value is -2.98. The van der Waals surface area contributed by atoms with E-state index in [4.69, 9.17) is 4.52 Å². The second kappa shape index (κ2) is 7.10. The first-order valence-electron chi connectivity index (χ1n) is 8.74. The van der Waals surface area contributed by atoms with Crippen molar-refractivity contribution in [1.82, 2.24) is 15.0 Å². The van der Waals surface area contributed by atoms with Gasteiger partial charge in [-0.15, -0.1) is 0 Å². The number of hydrogen-bond acceptors (Lipinski definition) is 4. The number of rotatable bonds is 5. The van der Waals surface area contributed by atoms with Crippen LogP contribution in [-0.2, 0) is 13.1 Å². The molecule has 0 spiro atoms. The van der Waals surface area contributed by atoms with Crippen molar-refractivity contribution in [3.05, 3.63) is 83.7 Å². The van der Waals surface area contributed by atoms with Gasteiger partial charge in [-0.25, -0.2) is 0 Å². The topological polar surface area (TPSA) is 42.2 Å². The van der Waals surface area contributed by atoms with Crippen molar-refractivity contribution < 1.29 is 4.52 Å². The molecule has 0 bridgehead atoms. The largest absolute Gasteiger partial charge is 0.338 e. The Balaban J connectivity index is 1.46. The summed E-state index contributed by atoms with van der Waals surface area (Å²) in [5.41, 5.74) is 3.42. The number of hydrogen-bond donors (Lipinski definition) is 0. The van der Waals surface area contributed by atoms with Crippen LogP contribution in [0.25, 0.3) is 22.2 Å². The van der Waals surface area contributed by atoms with Gasteiger partial charge in [-0.05, 0) is 41.9 Å². The van der Waals surface area contributed by atoms with Crippen molar-refractivity contribution >= 4 is 10.8 Å². The highest BCUT2D eigenvalue weighted by Crippen LogP contribution is 2.21. The van der Waals surface area contributed by atoms with E-state index in [0.29, 0.717) is 18.3 Å². The number of benzene rings is 3. The molecule has 0 saturated heterocycles. The first-order chi connectivity index (χ1) is 12.7. The summed E-state index contributed by atoms with van der Waals surface area (Å²) in [6, 6.07) is 23.1. The van der Waals surface area contributed by atoms with E-state index in [1.165, 1.54) is 16.3 Å². The Morgan fingerprint density at radius 1 is 0.885 bits per heavy atom. The number of fused-ring (bicyclic) bond motifs is 1. The van der Waals surface area contributed by atoms with E-state index in [0.717, 1.165) is 17.7 Å². The average Bonchev–Trinajstić information content (AvgIpc) is 3.10. The van der Waals surface area contributed by atoms with Gasteiger partial charge in [-0.2, -0.15) is 4.98 Å². The summed E-state index contributed by atoms with van der Waals surface area (Å²) in [7, 11) is 2.06. The molecule has 4 rings (SSSR count). The predicted molar refractivity (Wildman–Crippen MR) is 104 cm³/mol. The van der Waals surface area contributed by atoms with Crippen LogP contribution >= 0.6 is 0 Å². The molecule has 0 aliphatic rings. The van der Waals surface area contributed by atoms with E-state index in [1.54, 1.807) is 0 Å². The van der Waals surface area contributed by atoms with Gasteiger partial charge in [-0.3, -0.25) is 4.90 Å². The number of aromatic nitrogens is 2. The summed E-state index contributed by atoms with van der Waals surface area (Å²) >= 11 is 0. The van der Waals surface area contributed by atoms with Gasteiger partial charge < -0.3 is 4.52 Å². The lowest BCUT2D eigenvalue weighted by molar-refractivity contribution is 0.261. The van der Waals surface area contributed by atoms with E-state index in [9.17, 15) is 0 Å². The monoisotopic (exact) mass is 343 g/mol. The highest BCUT2D eigenvalue weighted by atomic mass is 16.5. The number of aryl methyl sites for hydroxylation is 1. The third kappa shape index (κ3) is 3.51. The first-order valence-corrected chi connectivity index (χ1v) is 8.74. The van der Waals surface area contributed by atoms with Gasteiger partial charge >= 0.3 is 0 Å². The summed E-state index contributed by atoms with van der Waals surface area (Å²) in [6.07, 6.45) is 0. The van der Waals surface area contributed by atoms with E-state index < -0.39 is 0 Å². The van der Waals surface area contributed by atoms with E-state index >= 15 is 0 Å². The fraction of sp³-hybridized carbons (Fsp3) is 0.182. The Kier molecular flexibility index (Phi) is 4.50. The molecular weight excluding hydrogens is 322 g/mol. The summed E-state index contributed by atoms with van der Waals surface area (Å²) in [6.45, 7) is 3.50. The van der Waals surface area contributed by atoms with Crippen molar-refractivity contribution in [1.29, 1.82) is 0 Å². The van der Waals surface area contributed by atoms with E-state index in [1.807, 2.05) is 18.2 Å². The summed E-state index contributed by atoms with van der Waals surface area (Å²) in [5.74, 6) is 1.28. The fourth-order valence-electron chi connectivity index (χ4n) is 3.19. The van der Waals surface area contributed by atoms with Crippen molar-refractivity contribution in [2.45, 2.75) is 20.0 Å². The zero-order chi connectivity index (χ0) is 17.9. The maximum Gasteiger partial charge on any atom is 0.241 e. The van der Waals surface area contributed by atoms with E-state index in [2.05, 4.69) is 77.5 Å². The zero-order valence-electron chi connectivity index (χ0n) is 15.0. The Labute approximate surface area is 153 Å². The fourth-order valence-corrected chi connectivity index (χ4v) is 3.19. The maximum atomic E-state index is 5.45. The lowest BCUT2D eigenvalue weighted by Crippen LogP contribution is -2.17. The molecule has 26 heavy (non-hydrogen) atoms. The highest BCUT2D eigenvalue weighted by Gasteiger charge is 2.12. The van der Waals surface area contributed by atoms with Crippen LogP contribution in [0.15, 0.2) is 71.3 Å². The molecule has 0 saturated carbocycles. The first kappa shape index (κ1) is 16.5. The minimum absolute atomic E-state index is 0.617. The van der Waals surface area contributed by atoms with Crippen LogP contribution in [0.2, 0.25) is 0 Å². The minimum Gasteiger partial charge on any atom is -0.338 e. The molecule has 4 heteroatoms. The third-order valence-corrected chi connectivity index (χ3v) is 4.53. The van der Waals surface area contributed by atoms with Crippen LogP contribution in [-0.4, -0.2) is 22.1 Å². The van der Waals surface area contributed by atoms with Gasteiger partial charge in [0.1, 0.15) is 0 Å². The highest BCUT2D eigenvalue weighted by molar-refractivity contribution is 5.82. The second-order valence-corrected chi connectivity index (χ2v) is 6.68. The molecule has 0 radical (unpaired) electrons. The van der Waals surface area contributed by atoms with Gasteiger partial charge in [0, 0.05) is 12.1 Å². The third-order valence-electron chi connectivity index (χ3n) is 4.53. The second-order valence-electron chi connectivity index (χ2n) is 6.68. The van der Waals surface area contributed by atoms with Crippen LogP contribution < -0.4 is 0 Å². The zero-order valence-corrected chi connectivity index (χ0v) is 15.0. The molecule has 1 heterocycles. The van der Waals surface area contributed by atoms with E-state index in [-0.39, 0.29) is 0 Å². The molecule has 4 nitrogen and oxygen atoms in total. The lowest BCUT2D eigenvalue weighted by Gasteiger charge is -2.14. The van der Waals surface area contributed by atoms with Crippen LogP contribution in [0.4, 0.5) is 0 Å². The van der Waals surface area contributed by atoms with Crippen LogP contribution in [0, 0.1) is 6.92 Å². The smallest absolute Gasteiger partial charge is 0.241 e. The molecule has 0 aliphatic heterocycles. The predicted octanol–water partition coefficient (Wildman–Crippen LogP) is 4.83. The molecule has 0 atom stereocenters. The Bertz CT molecular complexity index is 1040. The van der Waals surface area contributed by atoms with Crippen LogP contribution in [0.5, 0.6) is 0 Å². The molecule has 130 valence electrons.